The van der Waals surface area contributed by atoms with Crippen LogP contribution in [0, 0.1) is 29.6 Å². The molecule has 4 saturated carbocycles. The fraction of sp³-hybridized carbons (Fsp3) is 0.731. The van der Waals surface area contributed by atoms with E-state index in [9.17, 15) is 0 Å². The minimum atomic E-state index is -0.540. The van der Waals surface area contributed by atoms with Crippen LogP contribution in [0.2, 0.25) is 0 Å². The number of rotatable bonds is 3. The van der Waals surface area contributed by atoms with E-state index in [-0.39, 0.29) is 12.0 Å². The molecule has 1 N–H and O–H groups in total. The number of hydrogen-bond acceptors (Lipinski definition) is 6. The maximum absolute atomic E-state index is 6.83. The van der Waals surface area contributed by atoms with Crippen LogP contribution in [0.4, 0.5) is 0 Å². The second kappa shape index (κ2) is 7.92. The number of piperidine rings is 1. The molecule has 2 saturated heterocycles. The average Bonchev–Trinajstić information content (AvgIpc) is 3.18. The van der Waals surface area contributed by atoms with Gasteiger partial charge < -0.3 is 15.0 Å². The van der Waals surface area contributed by atoms with Crippen LogP contribution in [-0.4, -0.2) is 54.4 Å². The van der Waals surface area contributed by atoms with E-state index in [1.54, 1.807) is 0 Å². The quantitative estimate of drug-likeness (QED) is 0.627. The van der Waals surface area contributed by atoms with E-state index in [4.69, 9.17) is 31.1 Å². The number of nitrogens with one attached hydrogen (secondary N) is 1. The Kier molecular flexibility index (Phi) is 5.07. The van der Waals surface area contributed by atoms with E-state index in [2.05, 4.69) is 28.4 Å². The lowest BCUT2D eigenvalue weighted by atomic mass is 9.53. The Labute approximate surface area is 201 Å². The molecule has 8 aliphatic rings. The minimum Gasteiger partial charge on any atom is -0.384 e. The maximum Gasteiger partial charge on any atom is 0.210 e. The number of ether oxygens (including phenoxy) is 1. The summed E-state index contributed by atoms with van der Waals surface area (Å²) in [5, 5.41) is 4.16. The standard InChI is InChI=1S/C26H34ClN3O3/c27-21-1-2-22-23(3-6-28-24(22)16-21)29-7-10-30-8-4-25(5-9-30)31-26(33-32-25)19-12-17-11-18(14-19)15-20(26)13-17/h1-3,6,16-20,22,24,28H,4-5,7-15H2/b29-23+. The van der Waals surface area contributed by atoms with Gasteiger partial charge in [-0.1, -0.05) is 17.7 Å². The van der Waals surface area contributed by atoms with Crippen molar-refractivity contribution >= 4 is 17.3 Å². The highest BCUT2D eigenvalue weighted by molar-refractivity contribution is 6.31. The molecule has 4 bridgehead atoms. The van der Waals surface area contributed by atoms with Crippen molar-refractivity contribution in [2.24, 2.45) is 34.6 Å². The lowest BCUT2D eigenvalue weighted by molar-refractivity contribution is -0.390. The van der Waals surface area contributed by atoms with Crippen LogP contribution in [0.1, 0.15) is 44.9 Å². The molecule has 3 aliphatic heterocycles. The van der Waals surface area contributed by atoms with Crippen molar-refractivity contribution in [3.05, 3.63) is 35.5 Å². The molecular weight excluding hydrogens is 438 g/mol. The Hall–Kier alpha value is -1.18. The van der Waals surface area contributed by atoms with Gasteiger partial charge in [0.1, 0.15) is 0 Å². The zero-order valence-electron chi connectivity index (χ0n) is 19.1. The Morgan fingerprint density at radius 1 is 1.03 bits per heavy atom. The van der Waals surface area contributed by atoms with Gasteiger partial charge in [0.25, 0.3) is 0 Å². The predicted molar refractivity (Wildman–Crippen MR) is 126 cm³/mol. The fourth-order valence-corrected chi connectivity index (χ4v) is 8.04. The zero-order valence-corrected chi connectivity index (χ0v) is 19.9. The summed E-state index contributed by atoms with van der Waals surface area (Å²) < 4.78 is 6.83. The van der Waals surface area contributed by atoms with Gasteiger partial charge in [0.15, 0.2) is 0 Å². The second-order valence-electron chi connectivity index (χ2n) is 11.3. The summed E-state index contributed by atoms with van der Waals surface area (Å²) in [6, 6.07) is 0.204. The van der Waals surface area contributed by atoms with Gasteiger partial charge in [0, 0.05) is 61.0 Å². The van der Waals surface area contributed by atoms with E-state index >= 15 is 0 Å². The molecule has 8 rings (SSSR count). The maximum atomic E-state index is 6.83. The molecule has 5 aliphatic carbocycles. The van der Waals surface area contributed by atoms with E-state index in [0.29, 0.717) is 11.8 Å². The molecular formula is C26H34ClN3O3. The highest BCUT2D eigenvalue weighted by Crippen LogP contribution is 2.63. The first-order chi connectivity index (χ1) is 16.1. The van der Waals surface area contributed by atoms with Crippen molar-refractivity contribution in [2.75, 3.05) is 26.2 Å². The molecule has 2 atom stereocenters. The summed E-state index contributed by atoms with van der Waals surface area (Å²) in [6.45, 7) is 3.69. The molecule has 2 spiro atoms. The lowest BCUT2D eigenvalue weighted by Crippen LogP contribution is -2.59. The summed E-state index contributed by atoms with van der Waals surface area (Å²) in [5.41, 5.74) is 1.13. The van der Waals surface area contributed by atoms with Gasteiger partial charge in [-0.25, -0.2) is 0 Å². The van der Waals surface area contributed by atoms with Crippen molar-refractivity contribution in [3.8, 4) is 0 Å². The van der Waals surface area contributed by atoms with Crippen molar-refractivity contribution < 1.29 is 14.5 Å². The number of aliphatic imine (C=N–C) groups is 1. The summed E-state index contributed by atoms with van der Waals surface area (Å²) in [7, 11) is 0. The molecule has 0 aromatic carbocycles. The zero-order chi connectivity index (χ0) is 22.0. The summed E-state index contributed by atoms with van der Waals surface area (Å²) in [5.74, 6) is 2.12. The van der Waals surface area contributed by atoms with Crippen molar-refractivity contribution in [3.63, 3.8) is 0 Å². The summed E-state index contributed by atoms with van der Waals surface area (Å²) in [4.78, 5) is 19.6. The number of likely N-dealkylation sites (tertiary alicyclic amines) is 1. The van der Waals surface area contributed by atoms with Crippen LogP contribution in [-0.2, 0) is 14.5 Å². The predicted octanol–water partition coefficient (Wildman–Crippen LogP) is 4.14. The first-order valence-electron chi connectivity index (χ1n) is 12.9. The molecule has 0 amide bonds. The lowest BCUT2D eigenvalue weighted by Gasteiger charge is -2.57. The van der Waals surface area contributed by atoms with Crippen LogP contribution in [0.3, 0.4) is 0 Å². The largest absolute Gasteiger partial charge is 0.384 e. The number of halogens is 1. The van der Waals surface area contributed by atoms with Crippen LogP contribution >= 0.6 is 11.6 Å². The molecule has 178 valence electrons. The summed E-state index contributed by atoms with van der Waals surface area (Å²) in [6.07, 6.45) is 18.5. The molecule has 0 aromatic heterocycles. The third kappa shape index (κ3) is 3.56. The fourth-order valence-electron chi connectivity index (χ4n) is 7.83. The molecule has 2 unspecified atom stereocenters. The van der Waals surface area contributed by atoms with Crippen molar-refractivity contribution in [1.82, 2.24) is 10.2 Å². The van der Waals surface area contributed by atoms with Gasteiger partial charge in [-0.3, -0.25) is 4.99 Å². The van der Waals surface area contributed by atoms with Gasteiger partial charge in [-0.05, 0) is 68.4 Å². The third-order valence-electron chi connectivity index (χ3n) is 9.35. The number of nitrogens with zero attached hydrogens (tertiary/aromatic N) is 2. The average molecular weight is 472 g/mol. The first kappa shape index (κ1) is 21.1. The number of hydrogen-bond donors (Lipinski definition) is 1. The van der Waals surface area contributed by atoms with Crippen LogP contribution < -0.4 is 5.32 Å². The topological polar surface area (TPSA) is 55.3 Å². The normalized spacial score (nSPS) is 46.2. The summed E-state index contributed by atoms with van der Waals surface area (Å²) >= 11 is 6.16. The molecule has 3 heterocycles. The minimum absolute atomic E-state index is 0.204. The van der Waals surface area contributed by atoms with E-state index in [1.165, 1.54) is 32.1 Å². The number of allylic oxidation sites excluding steroid dienone is 3. The van der Waals surface area contributed by atoms with E-state index in [1.807, 2.05) is 12.3 Å². The molecule has 0 aromatic rings. The number of fused-ring (bicyclic) bond motifs is 1. The smallest absolute Gasteiger partial charge is 0.210 e. The van der Waals surface area contributed by atoms with Crippen molar-refractivity contribution in [1.29, 1.82) is 0 Å². The molecule has 33 heavy (non-hydrogen) atoms. The second-order valence-corrected chi connectivity index (χ2v) is 11.8. The Morgan fingerprint density at radius 3 is 2.55 bits per heavy atom. The highest BCUT2D eigenvalue weighted by atomic mass is 35.5. The Bertz CT molecular complexity index is 892. The van der Waals surface area contributed by atoms with Gasteiger partial charge in [-0.2, -0.15) is 9.78 Å². The molecule has 7 heteroatoms. The van der Waals surface area contributed by atoms with Crippen LogP contribution in [0.15, 0.2) is 40.5 Å². The highest BCUT2D eigenvalue weighted by Gasteiger charge is 2.66. The van der Waals surface area contributed by atoms with Crippen LogP contribution in [0.25, 0.3) is 0 Å². The Balaban J connectivity index is 0.947. The SMILES string of the molecule is ClC1=CC2NC=C/C(=N\CCN3CCC4(CC3)OOC3(O4)C4CC5CC(C4)CC3C5)C2C=C1. The first-order valence-corrected chi connectivity index (χ1v) is 13.3. The Morgan fingerprint density at radius 2 is 1.79 bits per heavy atom. The van der Waals surface area contributed by atoms with Gasteiger partial charge in [-0.15, -0.1) is 0 Å². The van der Waals surface area contributed by atoms with Crippen molar-refractivity contribution in [2.45, 2.75) is 62.6 Å². The van der Waals surface area contributed by atoms with Gasteiger partial charge >= 0.3 is 0 Å². The molecule has 0 radical (unpaired) electrons. The van der Waals surface area contributed by atoms with Gasteiger partial charge in [0.2, 0.25) is 11.6 Å². The molecule has 6 fully saturated rings. The molecule has 6 nitrogen and oxygen atoms in total. The van der Waals surface area contributed by atoms with E-state index < -0.39 is 11.6 Å². The van der Waals surface area contributed by atoms with Crippen LogP contribution in [0.5, 0.6) is 0 Å². The van der Waals surface area contributed by atoms with Gasteiger partial charge in [0.05, 0.1) is 12.6 Å². The monoisotopic (exact) mass is 471 g/mol. The third-order valence-corrected chi connectivity index (χ3v) is 9.60. The van der Waals surface area contributed by atoms with E-state index in [0.717, 1.165) is 61.6 Å².